The van der Waals surface area contributed by atoms with Gasteiger partial charge in [-0.05, 0) is 38.9 Å². The fraction of sp³-hybridized carbons (Fsp3) is 0.714. The van der Waals surface area contributed by atoms with E-state index >= 15 is 0 Å². The molecule has 0 saturated carbocycles. The summed E-state index contributed by atoms with van der Waals surface area (Å²) in [4.78, 5) is 13.5. The molecule has 1 unspecified atom stereocenters. The summed E-state index contributed by atoms with van der Waals surface area (Å²) in [6, 6.07) is 0. The summed E-state index contributed by atoms with van der Waals surface area (Å²) in [5, 5.41) is 0. The van der Waals surface area contributed by atoms with Crippen molar-refractivity contribution in [2.75, 3.05) is 44.7 Å². The summed E-state index contributed by atoms with van der Waals surface area (Å²) in [5.41, 5.74) is 1.07. The van der Waals surface area contributed by atoms with Gasteiger partial charge in [0.15, 0.2) is 0 Å². The normalized spacial score (nSPS) is 28.8. The van der Waals surface area contributed by atoms with Gasteiger partial charge in [-0.15, -0.1) is 0 Å². The van der Waals surface area contributed by atoms with E-state index in [2.05, 4.69) is 26.8 Å². The Morgan fingerprint density at radius 1 is 1.21 bits per heavy atom. The highest BCUT2D eigenvalue weighted by molar-refractivity contribution is 5.31. The number of piperidine rings is 1. The first-order valence-corrected chi connectivity index (χ1v) is 7.03. The Balaban J connectivity index is 1.75. The minimum Gasteiger partial charge on any atom is -0.370 e. The molecular formula is C14H22N4O. The molecule has 0 N–H and O–H groups in total. The second-order valence-corrected chi connectivity index (χ2v) is 5.85. The van der Waals surface area contributed by atoms with Crippen LogP contribution in [-0.2, 0) is 4.74 Å². The van der Waals surface area contributed by atoms with E-state index in [1.165, 1.54) is 13.0 Å². The zero-order chi connectivity index (χ0) is 13.3. The largest absolute Gasteiger partial charge is 0.370 e. The summed E-state index contributed by atoms with van der Waals surface area (Å²) >= 11 is 0. The van der Waals surface area contributed by atoms with Crippen LogP contribution in [0.25, 0.3) is 0 Å². The standard InChI is InChI=1S/C14H22N4O/c1-12-8-15-13(16-9-12)18-6-7-19-14(11-18)4-3-5-17(2)10-14/h8-9H,3-7,10-11H2,1-2H3. The second kappa shape index (κ2) is 5.06. The molecule has 2 aliphatic rings. The van der Waals surface area contributed by atoms with E-state index in [4.69, 9.17) is 4.74 Å². The number of nitrogens with zero attached hydrogens (tertiary/aromatic N) is 4. The van der Waals surface area contributed by atoms with Gasteiger partial charge in [-0.3, -0.25) is 0 Å². The Hall–Kier alpha value is -1.20. The number of aryl methyl sites for hydroxylation is 1. The van der Waals surface area contributed by atoms with Gasteiger partial charge in [-0.25, -0.2) is 9.97 Å². The molecule has 19 heavy (non-hydrogen) atoms. The van der Waals surface area contributed by atoms with Crippen LogP contribution in [0, 0.1) is 6.92 Å². The Bertz CT molecular complexity index is 432. The molecule has 0 radical (unpaired) electrons. The third-order valence-corrected chi connectivity index (χ3v) is 4.03. The molecule has 3 rings (SSSR count). The molecule has 5 heteroatoms. The van der Waals surface area contributed by atoms with Crippen molar-refractivity contribution >= 4 is 5.95 Å². The molecule has 0 amide bonds. The van der Waals surface area contributed by atoms with Crippen molar-refractivity contribution in [2.45, 2.75) is 25.4 Å². The van der Waals surface area contributed by atoms with E-state index in [-0.39, 0.29) is 5.60 Å². The SMILES string of the molecule is Cc1cnc(N2CCOC3(CCCN(C)C3)C2)nc1. The monoisotopic (exact) mass is 262 g/mol. The first-order chi connectivity index (χ1) is 9.17. The van der Waals surface area contributed by atoms with Gasteiger partial charge in [0.25, 0.3) is 0 Å². The molecule has 2 saturated heterocycles. The van der Waals surface area contributed by atoms with Crippen LogP contribution in [0.4, 0.5) is 5.95 Å². The molecule has 2 aliphatic heterocycles. The van der Waals surface area contributed by atoms with E-state index in [9.17, 15) is 0 Å². The summed E-state index contributed by atoms with van der Waals surface area (Å²) in [7, 11) is 2.17. The van der Waals surface area contributed by atoms with E-state index in [1.54, 1.807) is 0 Å². The van der Waals surface area contributed by atoms with Crippen molar-refractivity contribution in [1.82, 2.24) is 14.9 Å². The van der Waals surface area contributed by atoms with E-state index in [1.807, 2.05) is 19.3 Å². The zero-order valence-corrected chi connectivity index (χ0v) is 11.8. The van der Waals surface area contributed by atoms with Gasteiger partial charge in [-0.2, -0.15) is 0 Å². The lowest BCUT2D eigenvalue weighted by Gasteiger charge is -2.47. The number of likely N-dealkylation sites (N-methyl/N-ethyl adjacent to an activating group) is 1. The highest BCUT2D eigenvalue weighted by atomic mass is 16.5. The topological polar surface area (TPSA) is 41.5 Å². The fourth-order valence-electron chi connectivity index (χ4n) is 3.13. The maximum absolute atomic E-state index is 6.11. The summed E-state index contributed by atoms with van der Waals surface area (Å²) < 4.78 is 6.11. The molecule has 1 aromatic rings. The van der Waals surface area contributed by atoms with Gasteiger partial charge in [0.1, 0.15) is 0 Å². The predicted molar refractivity (Wildman–Crippen MR) is 74.4 cm³/mol. The van der Waals surface area contributed by atoms with Gasteiger partial charge >= 0.3 is 0 Å². The van der Waals surface area contributed by atoms with Crippen LogP contribution in [0.5, 0.6) is 0 Å². The first-order valence-electron chi connectivity index (χ1n) is 7.03. The van der Waals surface area contributed by atoms with Crippen molar-refractivity contribution in [3.63, 3.8) is 0 Å². The number of aromatic nitrogens is 2. The Labute approximate surface area is 114 Å². The lowest BCUT2D eigenvalue weighted by molar-refractivity contribution is -0.0929. The molecule has 1 spiro atoms. The van der Waals surface area contributed by atoms with Gasteiger partial charge in [-0.1, -0.05) is 0 Å². The quantitative estimate of drug-likeness (QED) is 0.758. The molecule has 104 valence electrons. The predicted octanol–water partition coefficient (Wildman–Crippen LogP) is 1.09. The van der Waals surface area contributed by atoms with Crippen LogP contribution in [-0.4, -0.2) is 60.3 Å². The molecule has 5 nitrogen and oxygen atoms in total. The Kier molecular flexibility index (Phi) is 3.41. The molecule has 1 aromatic heterocycles. The van der Waals surface area contributed by atoms with E-state index in [0.717, 1.165) is 44.2 Å². The van der Waals surface area contributed by atoms with Gasteiger partial charge < -0.3 is 14.5 Å². The van der Waals surface area contributed by atoms with Gasteiger partial charge in [0.05, 0.1) is 18.8 Å². The lowest BCUT2D eigenvalue weighted by Crippen LogP contribution is -2.59. The van der Waals surface area contributed by atoms with Gasteiger partial charge in [0, 0.05) is 25.5 Å². The third kappa shape index (κ3) is 2.72. The minimum atomic E-state index is -0.0283. The van der Waals surface area contributed by atoms with Crippen LogP contribution < -0.4 is 4.90 Å². The number of likely N-dealkylation sites (tertiary alicyclic amines) is 1. The summed E-state index contributed by atoms with van der Waals surface area (Å²) in [6.07, 6.45) is 6.12. The fourth-order valence-corrected chi connectivity index (χ4v) is 3.13. The van der Waals surface area contributed by atoms with Crippen molar-refractivity contribution in [1.29, 1.82) is 0 Å². The number of hydrogen-bond donors (Lipinski definition) is 0. The minimum absolute atomic E-state index is 0.0283. The van der Waals surface area contributed by atoms with Crippen molar-refractivity contribution in [3.8, 4) is 0 Å². The maximum Gasteiger partial charge on any atom is 0.225 e. The number of rotatable bonds is 1. The lowest BCUT2D eigenvalue weighted by atomic mass is 9.91. The van der Waals surface area contributed by atoms with Crippen LogP contribution in [0.1, 0.15) is 18.4 Å². The Morgan fingerprint density at radius 3 is 2.74 bits per heavy atom. The highest BCUT2D eigenvalue weighted by Crippen LogP contribution is 2.29. The van der Waals surface area contributed by atoms with Crippen LogP contribution in [0.3, 0.4) is 0 Å². The molecule has 3 heterocycles. The smallest absolute Gasteiger partial charge is 0.225 e. The molecule has 2 fully saturated rings. The van der Waals surface area contributed by atoms with Crippen LogP contribution in [0.15, 0.2) is 12.4 Å². The highest BCUT2D eigenvalue weighted by Gasteiger charge is 2.40. The van der Waals surface area contributed by atoms with Crippen molar-refractivity contribution < 1.29 is 4.74 Å². The van der Waals surface area contributed by atoms with Crippen LogP contribution in [0.2, 0.25) is 0 Å². The summed E-state index contributed by atoms with van der Waals surface area (Å²) in [6.45, 7) is 6.75. The molecule has 0 aromatic carbocycles. The molecule has 0 bridgehead atoms. The average Bonchev–Trinajstić information content (AvgIpc) is 2.39. The number of ether oxygens (including phenoxy) is 1. The molecule has 1 atom stereocenters. The second-order valence-electron chi connectivity index (χ2n) is 5.85. The maximum atomic E-state index is 6.11. The van der Waals surface area contributed by atoms with Crippen LogP contribution >= 0.6 is 0 Å². The molecular weight excluding hydrogens is 240 g/mol. The zero-order valence-electron chi connectivity index (χ0n) is 11.8. The van der Waals surface area contributed by atoms with E-state index in [0.29, 0.717) is 0 Å². The number of hydrogen-bond acceptors (Lipinski definition) is 5. The van der Waals surface area contributed by atoms with E-state index < -0.39 is 0 Å². The third-order valence-electron chi connectivity index (χ3n) is 4.03. The summed E-state index contributed by atoms with van der Waals surface area (Å²) in [5.74, 6) is 0.835. The number of anilines is 1. The first kappa shape index (κ1) is 12.8. The average molecular weight is 262 g/mol. The Morgan fingerprint density at radius 2 is 2.00 bits per heavy atom. The van der Waals surface area contributed by atoms with Crippen molar-refractivity contribution in [2.24, 2.45) is 0 Å². The van der Waals surface area contributed by atoms with Crippen molar-refractivity contribution in [3.05, 3.63) is 18.0 Å². The number of morpholine rings is 1. The van der Waals surface area contributed by atoms with Gasteiger partial charge in [0.2, 0.25) is 5.95 Å². The molecule has 0 aliphatic carbocycles.